The standard InChI is InChI=1S/C14H10N10/c1-2-18-13(19-3-1)24-9-20-14(21-10-24,11-8-15-4-5-16-11)12-17-6-7-22-23-12/h1-10H. The molecule has 4 rings (SSSR count). The molecule has 10 heteroatoms. The molecule has 3 aromatic heterocycles. The fourth-order valence-corrected chi connectivity index (χ4v) is 2.13. The summed E-state index contributed by atoms with van der Waals surface area (Å²) < 4.78 is 0. The van der Waals surface area contributed by atoms with Crippen LogP contribution in [0.3, 0.4) is 0 Å². The largest absolute Gasteiger partial charge is 0.261 e. The lowest BCUT2D eigenvalue weighted by atomic mass is 10.1. The minimum atomic E-state index is -1.24. The van der Waals surface area contributed by atoms with Crippen LogP contribution in [0.5, 0.6) is 0 Å². The first-order chi connectivity index (χ1) is 11.9. The molecule has 0 amide bonds. The highest BCUT2D eigenvalue weighted by Gasteiger charge is 2.40. The van der Waals surface area contributed by atoms with Crippen LogP contribution in [0.1, 0.15) is 11.5 Å². The van der Waals surface area contributed by atoms with Crippen LogP contribution in [-0.4, -0.2) is 47.8 Å². The van der Waals surface area contributed by atoms with Crippen LogP contribution in [0.2, 0.25) is 0 Å². The van der Waals surface area contributed by atoms with E-state index in [4.69, 9.17) is 0 Å². The minimum absolute atomic E-state index is 0.298. The Labute approximate surface area is 136 Å². The van der Waals surface area contributed by atoms with Crippen LogP contribution in [0.25, 0.3) is 0 Å². The maximum absolute atomic E-state index is 4.51. The molecule has 0 N–H and O–H groups in total. The summed E-state index contributed by atoms with van der Waals surface area (Å²) in [6, 6.07) is 1.73. The Morgan fingerprint density at radius 2 is 1.58 bits per heavy atom. The van der Waals surface area contributed by atoms with Gasteiger partial charge in [0.1, 0.15) is 18.4 Å². The zero-order chi connectivity index (χ0) is 16.2. The molecule has 0 radical (unpaired) electrons. The molecule has 4 heterocycles. The number of aliphatic imine (C=N–C) groups is 2. The summed E-state index contributed by atoms with van der Waals surface area (Å²) in [5, 5.41) is 7.90. The predicted molar refractivity (Wildman–Crippen MR) is 84.1 cm³/mol. The summed E-state index contributed by atoms with van der Waals surface area (Å²) >= 11 is 0. The van der Waals surface area contributed by atoms with Crippen molar-refractivity contribution in [2.24, 2.45) is 9.98 Å². The Balaban J connectivity index is 1.79. The molecule has 0 spiro atoms. The number of hydrogen-bond acceptors (Lipinski definition) is 10. The van der Waals surface area contributed by atoms with Crippen molar-refractivity contribution in [2.45, 2.75) is 5.66 Å². The molecule has 0 unspecified atom stereocenters. The van der Waals surface area contributed by atoms with Gasteiger partial charge in [0, 0.05) is 31.0 Å². The van der Waals surface area contributed by atoms with Gasteiger partial charge in [0.05, 0.1) is 12.4 Å². The molecular formula is C14H10N10. The predicted octanol–water partition coefficient (Wildman–Crippen LogP) is 0.229. The summed E-state index contributed by atoms with van der Waals surface area (Å²) in [5.41, 5.74) is -0.757. The molecule has 116 valence electrons. The van der Waals surface area contributed by atoms with Crippen LogP contribution in [-0.2, 0) is 5.66 Å². The van der Waals surface area contributed by atoms with Gasteiger partial charge in [0.2, 0.25) is 11.8 Å². The minimum Gasteiger partial charge on any atom is -0.261 e. The molecule has 0 aromatic carbocycles. The molecule has 0 fully saturated rings. The lowest BCUT2D eigenvalue weighted by molar-refractivity contribution is 0.504. The Hall–Kier alpha value is -3.69. The van der Waals surface area contributed by atoms with Crippen LogP contribution in [0.4, 0.5) is 5.95 Å². The third-order valence-corrected chi connectivity index (χ3v) is 3.24. The fourth-order valence-electron chi connectivity index (χ4n) is 2.13. The second-order valence-electron chi connectivity index (χ2n) is 4.67. The van der Waals surface area contributed by atoms with E-state index in [1.165, 1.54) is 12.4 Å². The summed E-state index contributed by atoms with van der Waals surface area (Å²) in [5.74, 6) is 0.747. The summed E-state index contributed by atoms with van der Waals surface area (Å²) in [6.45, 7) is 0. The van der Waals surface area contributed by atoms with Crippen molar-refractivity contribution in [2.75, 3.05) is 4.90 Å². The number of nitrogens with zero attached hydrogens (tertiary/aromatic N) is 10. The van der Waals surface area contributed by atoms with E-state index in [0.717, 1.165) is 0 Å². The lowest BCUT2D eigenvalue weighted by Gasteiger charge is -2.27. The van der Waals surface area contributed by atoms with Gasteiger partial charge in [-0.1, -0.05) is 0 Å². The van der Waals surface area contributed by atoms with E-state index >= 15 is 0 Å². The first kappa shape index (κ1) is 13.9. The highest BCUT2D eigenvalue weighted by molar-refractivity contribution is 5.99. The normalized spacial score (nSPS) is 15.4. The Kier molecular flexibility index (Phi) is 3.39. The van der Waals surface area contributed by atoms with Crippen molar-refractivity contribution >= 4 is 18.6 Å². The SMILES string of the molecule is C1=NC(c2cnccn2)(c2nccnn2)N=CN1c1ncccn1. The second-order valence-corrected chi connectivity index (χ2v) is 4.67. The van der Waals surface area contributed by atoms with Gasteiger partial charge in [0.15, 0.2) is 0 Å². The third kappa shape index (κ3) is 2.35. The Bertz CT molecular complexity index is 810. The van der Waals surface area contributed by atoms with Gasteiger partial charge in [0.25, 0.3) is 5.66 Å². The van der Waals surface area contributed by atoms with Crippen molar-refractivity contribution < 1.29 is 0 Å². The molecular weight excluding hydrogens is 308 g/mol. The van der Waals surface area contributed by atoms with E-state index in [1.54, 1.807) is 54.6 Å². The lowest BCUT2D eigenvalue weighted by Crippen LogP contribution is -2.36. The Morgan fingerprint density at radius 1 is 0.792 bits per heavy atom. The molecule has 0 aliphatic carbocycles. The molecule has 1 aliphatic heterocycles. The first-order valence-electron chi connectivity index (χ1n) is 6.95. The number of rotatable bonds is 3. The van der Waals surface area contributed by atoms with E-state index in [2.05, 4.69) is 45.1 Å². The molecule has 0 saturated carbocycles. The van der Waals surface area contributed by atoms with Gasteiger partial charge >= 0.3 is 0 Å². The average Bonchev–Trinajstić information content (AvgIpc) is 2.70. The van der Waals surface area contributed by atoms with E-state index < -0.39 is 5.66 Å². The quantitative estimate of drug-likeness (QED) is 0.673. The number of hydrogen-bond donors (Lipinski definition) is 0. The van der Waals surface area contributed by atoms with Gasteiger partial charge in [-0.3, -0.25) is 14.9 Å². The smallest absolute Gasteiger partial charge is 0.258 e. The number of aromatic nitrogens is 7. The van der Waals surface area contributed by atoms with Gasteiger partial charge in [-0.05, 0) is 6.07 Å². The summed E-state index contributed by atoms with van der Waals surface area (Å²) in [4.78, 5) is 31.5. The van der Waals surface area contributed by atoms with Crippen molar-refractivity contribution in [3.63, 3.8) is 0 Å². The molecule has 0 atom stereocenters. The van der Waals surface area contributed by atoms with Crippen LogP contribution in [0.15, 0.2) is 59.4 Å². The van der Waals surface area contributed by atoms with E-state index in [1.807, 2.05) is 0 Å². The monoisotopic (exact) mass is 318 g/mol. The van der Waals surface area contributed by atoms with Gasteiger partial charge in [-0.15, -0.1) is 5.10 Å². The van der Waals surface area contributed by atoms with Crippen LogP contribution in [0, 0.1) is 0 Å². The molecule has 1 aliphatic rings. The Morgan fingerprint density at radius 3 is 2.25 bits per heavy atom. The van der Waals surface area contributed by atoms with Gasteiger partial charge < -0.3 is 0 Å². The maximum atomic E-state index is 4.51. The zero-order valence-electron chi connectivity index (χ0n) is 12.2. The highest BCUT2D eigenvalue weighted by Crippen LogP contribution is 2.32. The second kappa shape index (κ2) is 5.83. The van der Waals surface area contributed by atoms with Crippen molar-refractivity contribution in [3.8, 4) is 0 Å². The van der Waals surface area contributed by atoms with E-state index in [-0.39, 0.29) is 0 Å². The summed E-state index contributed by atoms with van der Waals surface area (Å²) in [6.07, 6.45) is 14.1. The molecule has 10 nitrogen and oxygen atoms in total. The van der Waals surface area contributed by atoms with Crippen molar-refractivity contribution in [3.05, 3.63) is 61.0 Å². The fraction of sp³-hybridized carbons (Fsp3) is 0.0714. The third-order valence-electron chi connectivity index (χ3n) is 3.24. The molecule has 24 heavy (non-hydrogen) atoms. The number of anilines is 1. The van der Waals surface area contributed by atoms with Gasteiger partial charge in [-0.25, -0.2) is 24.9 Å². The summed E-state index contributed by atoms with van der Waals surface area (Å²) in [7, 11) is 0. The topological polar surface area (TPSA) is 118 Å². The molecule has 0 bridgehead atoms. The zero-order valence-corrected chi connectivity index (χ0v) is 12.2. The first-order valence-corrected chi connectivity index (χ1v) is 6.95. The van der Waals surface area contributed by atoms with E-state index in [9.17, 15) is 0 Å². The van der Waals surface area contributed by atoms with E-state index in [0.29, 0.717) is 17.5 Å². The highest BCUT2D eigenvalue weighted by atomic mass is 15.4. The molecule has 3 aromatic rings. The van der Waals surface area contributed by atoms with Crippen molar-refractivity contribution in [1.29, 1.82) is 0 Å². The van der Waals surface area contributed by atoms with Crippen LogP contribution < -0.4 is 4.90 Å². The van der Waals surface area contributed by atoms with Gasteiger partial charge in [-0.2, -0.15) is 5.10 Å². The molecule has 0 saturated heterocycles. The van der Waals surface area contributed by atoms with Crippen molar-refractivity contribution in [1.82, 2.24) is 35.1 Å². The maximum Gasteiger partial charge on any atom is 0.258 e. The average molecular weight is 318 g/mol. The van der Waals surface area contributed by atoms with Crippen LogP contribution >= 0.6 is 0 Å².